The van der Waals surface area contributed by atoms with Crippen molar-refractivity contribution < 1.29 is 4.79 Å². The number of hydrogen-bond donors (Lipinski definition) is 2. The van der Waals surface area contributed by atoms with Crippen LogP contribution in [0.2, 0.25) is 0 Å². The van der Waals surface area contributed by atoms with E-state index in [1.54, 1.807) is 0 Å². The van der Waals surface area contributed by atoms with Crippen LogP contribution in [0.1, 0.15) is 20.8 Å². The number of amides is 1. The van der Waals surface area contributed by atoms with Gasteiger partial charge in [0.2, 0.25) is 5.91 Å². The molecule has 0 saturated heterocycles. The highest BCUT2D eigenvalue weighted by atomic mass is 16.2. The smallest absolute Gasteiger partial charge is 0.241 e. The summed E-state index contributed by atoms with van der Waals surface area (Å²) in [5.41, 5.74) is 2.83. The lowest BCUT2D eigenvalue weighted by Crippen LogP contribution is -2.47. The van der Waals surface area contributed by atoms with Gasteiger partial charge in [0.15, 0.2) is 0 Å². The number of benzene rings is 1. The van der Waals surface area contributed by atoms with Gasteiger partial charge in [0, 0.05) is 18.8 Å². The largest absolute Gasteiger partial charge is 0.371 e. The predicted octanol–water partition coefficient (Wildman–Crippen LogP) is 1.53. The van der Waals surface area contributed by atoms with E-state index in [0.29, 0.717) is 6.54 Å². The number of anilines is 1. The Hall–Kier alpha value is -1.55. The Labute approximate surface area is 103 Å². The maximum absolute atomic E-state index is 11.7. The molecule has 94 valence electrons. The molecule has 1 aromatic rings. The van der Waals surface area contributed by atoms with Crippen LogP contribution in [0.5, 0.6) is 0 Å². The fourth-order valence-electron chi connectivity index (χ4n) is 1.77. The summed E-state index contributed by atoms with van der Waals surface area (Å²) < 4.78 is 0. The van der Waals surface area contributed by atoms with Crippen LogP contribution < -0.4 is 16.2 Å². The molecule has 0 atom stereocenters. The van der Waals surface area contributed by atoms with Crippen molar-refractivity contribution in [2.45, 2.75) is 20.8 Å². The average Bonchev–Trinajstić information content (AvgIpc) is 2.36. The minimum atomic E-state index is -0.513. The third-order valence-electron chi connectivity index (χ3n) is 2.83. The summed E-state index contributed by atoms with van der Waals surface area (Å²) in [6.07, 6.45) is 0. The zero-order chi connectivity index (χ0) is 12.9. The lowest BCUT2D eigenvalue weighted by Gasteiger charge is -2.32. The van der Waals surface area contributed by atoms with E-state index in [9.17, 15) is 4.79 Å². The first-order valence-corrected chi connectivity index (χ1v) is 5.82. The van der Waals surface area contributed by atoms with Gasteiger partial charge in [-0.15, -0.1) is 0 Å². The highest BCUT2D eigenvalue weighted by molar-refractivity contribution is 5.82. The first kappa shape index (κ1) is 13.5. The molecule has 0 radical (unpaired) electrons. The maximum Gasteiger partial charge on any atom is 0.241 e. The molecule has 4 heteroatoms. The van der Waals surface area contributed by atoms with Crippen LogP contribution >= 0.6 is 0 Å². The Kier molecular flexibility index (Phi) is 4.52. The van der Waals surface area contributed by atoms with E-state index in [-0.39, 0.29) is 5.91 Å². The van der Waals surface area contributed by atoms with Crippen molar-refractivity contribution in [1.29, 1.82) is 0 Å². The molecule has 17 heavy (non-hydrogen) atoms. The van der Waals surface area contributed by atoms with Crippen molar-refractivity contribution >= 4 is 11.6 Å². The normalized spacial score (nSPS) is 11.1. The number of nitrogens with one attached hydrogen (secondary N) is 1. The van der Waals surface area contributed by atoms with Crippen LogP contribution in [0.25, 0.3) is 0 Å². The molecule has 0 aliphatic rings. The zero-order valence-electron chi connectivity index (χ0n) is 10.7. The molecule has 0 fully saturated rings. The predicted molar refractivity (Wildman–Crippen MR) is 70.4 cm³/mol. The Balaban J connectivity index is 2.81. The number of rotatable bonds is 5. The molecule has 0 heterocycles. The summed E-state index contributed by atoms with van der Waals surface area (Å²) in [5.74, 6) is 5.05. The highest BCUT2D eigenvalue weighted by Gasteiger charge is 2.29. The summed E-state index contributed by atoms with van der Waals surface area (Å²) in [6, 6.07) is 10.1. The summed E-state index contributed by atoms with van der Waals surface area (Å²) in [5, 5.41) is 0. The lowest BCUT2D eigenvalue weighted by atomic mass is 9.91. The lowest BCUT2D eigenvalue weighted by molar-refractivity contribution is -0.128. The van der Waals surface area contributed by atoms with Gasteiger partial charge < -0.3 is 4.90 Å². The van der Waals surface area contributed by atoms with Crippen LogP contribution in [-0.2, 0) is 4.79 Å². The maximum atomic E-state index is 11.7. The van der Waals surface area contributed by atoms with Gasteiger partial charge in [0.1, 0.15) is 0 Å². The number of carbonyl (C=O) groups excluding carboxylic acids is 1. The first-order chi connectivity index (χ1) is 8.01. The minimum absolute atomic E-state index is 0.146. The third kappa shape index (κ3) is 3.46. The van der Waals surface area contributed by atoms with Gasteiger partial charge in [0.25, 0.3) is 0 Å². The van der Waals surface area contributed by atoms with Gasteiger partial charge in [0.05, 0.1) is 5.41 Å². The second kappa shape index (κ2) is 5.68. The quantitative estimate of drug-likeness (QED) is 0.462. The van der Waals surface area contributed by atoms with Crippen LogP contribution in [0.15, 0.2) is 30.3 Å². The highest BCUT2D eigenvalue weighted by Crippen LogP contribution is 2.21. The minimum Gasteiger partial charge on any atom is -0.371 e. The fraction of sp³-hybridized carbons (Fsp3) is 0.462. The second-order valence-corrected chi connectivity index (χ2v) is 4.71. The van der Waals surface area contributed by atoms with Crippen LogP contribution in [0.4, 0.5) is 5.69 Å². The van der Waals surface area contributed by atoms with E-state index >= 15 is 0 Å². The summed E-state index contributed by atoms with van der Waals surface area (Å²) >= 11 is 0. The number of carbonyl (C=O) groups is 1. The Bertz CT molecular complexity index is 362. The van der Waals surface area contributed by atoms with Crippen molar-refractivity contribution in [1.82, 2.24) is 5.43 Å². The molecule has 4 nitrogen and oxygen atoms in total. The molecule has 1 amide bonds. The molecular weight excluding hydrogens is 214 g/mol. The Morgan fingerprint density at radius 2 is 1.94 bits per heavy atom. The number of hydrazine groups is 1. The number of para-hydroxylation sites is 1. The molecule has 0 bridgehead atoms. The van der Waals surface area contributed by atoms with E-state index in [4.69, 9.17) is 5.84 Å². The molecule has 0 aromatic heterocycles. The third-order valence-corrected chi connectivity index (χ3v) is 2.83. The van der Waals surface area contributed by atoms with Gasteiger partial charge in [-0.25, -0.2) is 5.84 Å². The summed E-state index contributed by atoms with van der Waals surface area (Å²) in [7, 11) is 0. The Morgan fingerprint density at radius 3 is 2.41 bits per heavy atom. The molecule has 0 spiro atoms. The van der Waals surface area contributed by atoms with Gasteiger partial charge in [-0.3, -0.25) is 10.2 Å². The molecule has 0 unspecified atom stereocenters. The molecule has 1 rings (SSSR count). The summed E-state index contributed by atoms with van der Waals surface area (Å²) in [6.45, 7) is 7.34. The number of nitrogens with two attached hydrogens (primary N) is 1. The van der Waals surface area contributed by atoms with Crippen LogP contribution in [0.3, 0.4) is 0 Å². The van der Waals surface area contributed by atoms with Crippen molar-refractivity contribution in [3.05, 3.63) is 30.3 Å². The van der Waals surface area contributed by atoms with Crippen LogP contribution in [-0.4, -0.2) is 19.0 Å². The first-order valence-electron chi connectivity index (χ1n) is 5.82. The van der Waals surface area contributed by atoms with Gasteiger partial charge in [-0.2, -0.15) is 0 Å². The Morgan fingerprint density at radius 1 is 1.35 bits per heavy atom. The molecule has 0 aliphatic carbocycles. The molecular formula is C13H21N3O. The van der Waals surface area contributed by atoms with E-state index in [1.165, 1.54) is 0 Å². The standard InChI is InChI=1S/C13H21N3O/c1-4-16(11-8-6-5-7-9-11)10-13(2,3)12(17)15-14/h5-9H,4,10,14H2,1-3H3,(H,15,17). The number of hydrogen-bond acceptors (Lipinski definition) is 3. The van der Waals surface area contributed by atoms with E-state index in [1.807, 2.05) is 44.2 Å². The topological polar surface area (TPSA) is 58.4 Å². The van der Waals surface area contributed by atoms with Gasteiger partial charge in [-0.05, 0) is 32.9 Å². The average molecular weight is 235 g/mol. The zero-order valence-corrected chi connectivity index (χ0v) is 10.7. The van der Waals surface area contributed by atoms with Crippen molar-refractivity contribution in [3.8, 4) is 0 Å². The van der Waals surface area contributed by atoms with E-state index in [2.05, 4.69) is 17.2 Å². The molecule has 3 N–H and O–H groups in total. The second-order valence-electron chi connectivity index (χ2n) is 4.71. The van der Waals surface area contributed by atoms with Crippen molar-refractivity contribution in [2.75, 3.05) is 18.0 Å². The van der Waals surface area contributed by atoms with Crippen molar-refractivity contribution in [2.24, 2.45) is 11.3 Å². The molecule has 1 aromatic carbocycles. The summed E-state index contributed by atoms with van der Waals surface area (Å²) in [4.78, 5) is 13.8. The monoisotopic (exact) mass is 235 g/mol. The van der Waals surface area contributed by atoms with E-state index < -0.39 is 5.41 Å². The number of nitrogens with zero attached hydrogens (tertiary/aromatic N) is 1. The SMILES string of the molecule is CCN(CC(C)(C)C(=O)NN)c1ccccc1. The van der Waals surface area contributed by atoms with E-state index in [0.717, 1.165) is 12.2 Å². The van der Waals surface area contributed by atoms with Crippen molar-refractivity contribution in [3.63, 3.8) is 0 Å². The fourth-order valence-corrected chi connectivity index (χ4v) is 1.77. The molecule has 0 aliphatic heterocycles. The van der Waals surface area contributed by atoms with Crippen LogP contribution in [0, 0.1) is 5.41 Å². The van der Waals surface area contributed by atoms with Gasteiger partial charge >= 0.3 is 0 Å². The molecule has 0 saturated carbocycles. The van der Waals surface area contributed by atoms with Gasteiger partial charge in [-0.1, -0.05) is 18.2 Å².